The predicted octanol–water partition coefficient (Wildman–Crippen LogP) is 2.97. The van der Waals surface area contributed by atoms with Gasteiger partial charge in [0.25, 0.3) is 0 Å². The quantitative estimate of drug-likeness (QED) is 0.776. The van der Waals surface area contributed by atoms with Gasteiger partial charge in [0, 0.05) is 18.5 Å². The number of ether oxygens (including phenoxy) is 1. The van der Waals surface area contributed by atoms with Crippen LogP contribution in [0.25, 0.3) is 0 Å². The van der Waals surface area contributed by atoms with Crippen LogP contribution in [-0.4, -0.2) is 44.0 Å². The van der Waals surface area contributed by atoms with Crippen LogP contribution in [0.15, 0.2) is 47.4 Å². The second-order valence-corrected chi connectivity index (χ2v) is 8.28. The Kier molecular flexibility index (Phi) is 6.28. The molecule has 2 aromatic rings. The molecule has 1 atom stereocenters. The summed E-state index contributed by atoms with van der Waals surface area (Å²) in [6.07, 6.45) is -0.0243. The first-order chi connectivity index (χ1) is 12.2. The minimum Gasteiger partial charge on any atom is -0.496 e. The van der Waals surface area contributed by atoms with E-state index in [0.717, 1.165) is 9.87 Å². The highest BCUT2D eigenvalue weighted by Gasteiger charge is 2.33. The van der Waals surface area contributed by atoms with E-state index < -0.39 is 22.0 Å². The smallest absolute Gasteiger partial charge is 0.322 e. The Hall–Kier alpha value is -2.09. The Morgan fingerprint density at radius 3 is 2.38 bits per heavy atom. The summed E-state index contributed by atoms with van der Waals surface area (Å²) in [7, 11) is -1.26. The fourth-order valence-electron chi connectivity index (χ4n) is 2.59. The van der Waals surface area contributed by atoms with Gasteiger partial charge in [0.05, 0.1) is 12.0 Å². The second kappa shape index (κ2) is 8.07. The molecule has 0 saturated carbocycles. The van der Waals surface area contributed by atoms with Gasteiger partial charge in [-0.2, -0.15) is 4.31 Å². The van der Waals surface area contributed by atoms with Gasteiger partial charge in [0.2, 0.25) is 10.0 Å². The maximum absolute atomic E-state index is 12.8. The Morgan fingerprint density at radius 1 is 1.23 bits per heavy atom. The molecule has 1 unspecified atom stereocenters. The van der Waals surface area contributed by atoms with Crippen molar-refractivity contribution in [2.24, 2.45) is 0 Å². The number of methoxy groups -OCH3 is 1. The van der Waals surface area contributed by atoms with Crippen LogP contribution in [-0.2, 0) is 21.2 Å². The van der Waals surface area contributed by atoms with Crippen molar-refractivity contribution in [2.45, 2.75) is 24.3 Å². The third kappa shape index (κ3) is 4.35. The monoisotopic (exact) mass is 397 g/mol. The van der Waals surface area contributed by atoms with Crippen molar-refractivity contribution in [3.05, 3.63) is 58.6 Å². The minimum absolute atomic E-state index is 0.0214. The lowest BCUT2D eigenvalue weighted by molar-refractivity contribution is -0.141. The number of hydrogen-bond donors (Lipinski definition) is 1. The lowest BCUT2D eigenvalue weighted by Crippen LogP contribution is -2.43. The number of nitrogens with zero attached hydrogens (tertiary/aromatic N) is 1. The van der Waals surface area contributed by atoms with Crippen molar-refractivity contribution in [1.29, 1.82) is 0 Å². The normalized spacial score (nSPS) is 12.8. The van der Waals surface area contributed by atoms with E-state index >= 15 is 0 Å². The molecule has 0 aromatic heterocycles. The number of carboxylic acids is 1. The van der Waals surface area contributed by atoms with Crippen LogP contribution in [0.3, 0.4) is 0 Å². The summed E-state index contributed by atoms with van der Waals surface area (Å²) in [6, 6.07) is 9.66. The van der Waals surface area contributed by atoms with Gasteiger partial charge in [-0.15, -0.1) is 0 Å². The number of benzene rings is 2. The Bertz CT molecular complexity index is 896. The summed E-state index contributed by atoms with van der Waals surface area (Å²) in [6.45, 7) is 1.87. The van der Waals surface area contributed by atoms with Crippen molar-refractivity contribution in [2.75, 3.05) is 14.2 Å². The number of carboxylic acid groups (broad SMARTS) is 1. The maximum atomic E-state index is 12.8. The first-order valence-electron chi connectivity index (χ1n) is 7.76. The van der Waals surface area contributed by atoms with E-state index in [1.165, 1.54) is 38.4 Å². The number of halogens is 1. The molecule has 2 rings (SSSR count). The molecule has 0 bridgehead atoms. The number of sulfonamides is 1. The number of likely N-dealkylation sites (N-methyl/N-ethyl adjacent to an activating group) is 1. The first kappa shape index (κ1) is 20.2. The third-order valence-corrected chi connectivity index (χ3v) is 6.20. The number of rotatable bonds is 7. The van der Waals surface area contributed by atoms with Crippen LogP contribution in [0, 0.1) is 6.92 Å². The highest BCUT2D eigenvalue weighted by molar-refractivity contribution is 7.89. The van der Waals surface area contributed by atoms with Crippen LogP contribution in [0.2, 0.25) is 5.02 Å². The Balaban J connectivity index is 2.39. The number of aliphatic carboxylic acids is 1. The standard InChI is InChI=1S/C18H20ClNO5S/c1-12-4-9-17(25-3)13(10-12)11-16(18(21)22)20(2)26(23,24)15-7-5-14(19)6-8-15/h4-10,16H,11H2,1-3H3,(H,21,22). The van der Waals surface area contributed by atoms with E-state index in [9.17, 15) is 18.3 Å². The maximum Gasteiger partial charge on any atom is 0.322 e. The van der Waals surface area contributed by atoms with Gasteiger partial charge in [-0.1, -0.05) is 29.3 Å². The molecule has 6 nitrogen and oxygen atoms in total. The molecule has 0 fully saturated rings. The van der Waals surface area contributed by atoms with Gasteiger partial charge in [0.15, 0.2) is 0 Å². The highest BCUT2D eigenvalue weighted by atomic mass is 35.5. The largest absolute Gasteiger partial charge is 0.496 e. The summed E-state index contributed by atoms with van der Waals surface area (Å²) in [5.74, 6) is -0.729. The van der Waals surface area contributed by atoms with E-state index in [1.807, 2.05) is 13.0 Å². The molecule has 0 amide bonds. The summed E-state index contributed by atoms with van der Waals surface area (Å²) in [4.78, 5) is 11.8. The molecule has 1 N–H and O–H groups in total. The summed E-state index contributed by atoms with van der Waals surface area (Å²) in [5.41, 5.74) is 1.55. The highest BCUT2D eigenvalue weighted by Crippen LogP contribution is 2.25. The van der Waals surface area contributed by atoms with Gasteiger partial charge in [-0.25, -0.2) is 8.42 Å². The van der Waals surface area contributed by atoms with Gasteiger partial charge in [0.1, 0.15) is 11.8 Å². The zero-order valence-electron chi connectivity index (χ0n) is 14.6. The van der Waals surface area contributed by atoms with Crippen LogP contribution in [0.5, 0.6) is 5.75 Å². The third-order valence-electron chi connectivity index (χ3n) is 4.06. The van der Waals surface area contributed by atoms with Crippen molar-refractivity contribution in [3.8, 4) is 5.75 Å². The molecule has 140 valence electrons. The summed E-state index contributed by atoms with van der Waals surface area (Å²) in [5, 5.41) is 10.0. The zero-order chi connectivity index (χ0) is 19.5. The van der Waals surface area contributed by atoms with Crippen LogP contribution in [0.1, 0.15) is 11.1 Å². The summed E-state index contributed by atoms with van der Waals surface area (Å²) < 4.78 is 31.7. The molecule has 0 aliphatic heterocycles. The number of aryl methyl sites for hydroxylation is 1. The van der Waals surface area contributed by atoms with Crippen LogP contribution < -0.4 is 4.74 Å². The molecule has 0 aliphatic carbocycles. The molecule has 0 spiro atoms. The molecule has 0 aliphatic rings. The zero-order valence-corrected chi connectivity index (χ0v) is 16.2. The van der Waals surface area contributed by atoms with E-state index in [0.29, 0.717) is 16.3 Å². The van der Waals surface area contributed by atoms with E-state index in [1.54, 1.807) is 12.1 Å². The first-order valence-corrected chi connectivity index (χ1v) is 9.58. The van der Waals surface area contributed by atoms with Crippen molar-refractivity contribution < 1.29 is 23.1 Å². The number of hydrogen-bond acceptors (Lipinski definition) is 4. The topological polar surface area (TPSA) is 83.9 Å². The molecule has 2 aromatic carbocycles. The van der Waals surface area contributed by atoms with E-state index in [4.69, 9.17) is 16.3 Å². The van der Waals surface area contributed by atoms with Crippen LogP contribution >= 0.6 is 11.6 Å². The van der Waals surface area contributed by atoms with E-state index in [2.05, 4.69) is 0 Å². The minimum atomic E-state index is -4.00. The average molecular weight is 398 g/mol. The van der Waals surface area contributed by atoms with Gasteiger partial charge >= 0.3 is 5.97 Å². The average Bonchev–Trinajstić information content (AvgIpc) is 2.59. The lowest BCUT2D eigenvalue weighted by atomic mass is 10.0. The fourth-order valence-corrected chi connectivity index (χ4v) is 4.03. The van der Waals surface area contributed by atoms with Gasteiger partial charge in [-0.3, -0.25) is 4.79 Å². The van der Waals surface area contributed by atoms with E-state index in [-0.39, 0.29) is 11.3 Å². The van der Waals surface area contributed by atoms with Crippen molar-refractivity contribution in [1.82, 2.24) is 4.31 Å². The SMILES string of the molecule is COc1ccc(C)cc1CC(C(=O)O)N(C)S(=O)(=O)c1ccc(Cl)cc1. The second-order valence-electron chi connectivity index (χ2n) is 5.85. The molecule has 0 heterocycles. The molecule has 0 saturated heterocycles. The molecule has 26 heavy (non-hydrogen) atoms. The molecular weight excluding hydrogens is 378 g/mol. The predicted molar refractivity (Wildman–Crippen MR) is 99.3 cm³/mol. The van der Waals surface area contributed by atoms with Gasteiger partial charge in [-0.05, 0) is 42.8 Å². The van der Waals surface area contributed by atoms with Gasteiger partial charge < -0.3 is 9.84 Å². The van der Waals surface area contributed by atoms with Crippen molar-refractivity contribution >= 4 is 27.6 Å². The number of carbonyl (C=O) groups is 1. The lowest BCUT2D eigenvalue weighted by Gasteiger charge is -2.25. The van der Waals surface area contributed by atoms with Crippen molar-refractivity contribution in [3.63, 3.8) is 0 Å². The Morgan fingerprint density at radius 2 is 1.85 bits per heavy atom. The van der Waals surface area contributed by atoms with Crippen LogP contribution in [0.4, 0.5) is 0 Å². The molecule has 8 heteroatoms. The molecular formula is C18H20ClNO5S. The Labute approximate surface area is 158 Å². The summed E-state index contributed by atoms with van der Waals surface area (Å²) >= 11 is 5.79. The molecule has 0 radical (unpaired) electrons. The fraction of sp³-hybridized carbons (Fsp3) is 0.278.